The molecular formula is C13H10F3N3O2. The maximum absolute atomic E-state index is 12.7. The first-order chi connectivity index (χ1) is 9.79. The number of hydrogen-bond acceptors (Lipinski definition) is 4. The van der Waals surface area contributed by atoms with E-state index in [2.05, 4.69) is 4.98 Å². The lowest BCUT2D eigenvalue weighted by molar-refractivity contribution is -0.141. The number of primary amides is 1. The fourth-order valence-corrected chi connectivity index (χ4v) is 1.54. The van der Waals surface area contributed by atoms with Crippen LogP contribution in [0.15, 0.2) is 36.4 Å². The lowest BCUT2D eigenvalue weighted by Crippen LogP contribution is -2.16. The molecule has 0 saturated carbocycles. The third-order valence-electron chi connectivity index (χ3n) is 2.54. The second-order valence-corrected chi connectivity index (χ2v) is 4.05. The van der Waals surface area contributed by atoms with E-state index in [1.54, 1.807) is 12.1 Å². The molecule has 0 aliphatic carbocycles. The lowest BCUT2D eigenvalue weighted by Gasteiger charge is -2.12. The largest absolute Gasteiger partial charge is 0.436 e. The number of ether oxygens (including phenoxy) is 1. The molecule has 5 nitrogen and oxygen atoms in total. The van der Waals surface area contributed by atoms with Crippen molar-refractivity contribution in [1.82, 2.24) is 4.98 Å². The molecule has 1 aromatic carbocycles. The van der Waals surface area contributed by atoms with E-state index in [-0.39, 0.29) is 17.0 Å². The van der Waals surface area contributed by atoms with E-state index in [0.29, 0.717) is 6.07 Å². The number of alkyl halides is 3. The molecule has 2 rings (SSSR count). The molecule has 0 aliphatic rings. The SMILES string of the molecule is NC(=O)c1ccc(C(F)(F)F)nc1Oc1ccccc1N. The van der Waals surface area contributed by atoms with Crippen LogP contribution in [0.25, 0.3) is 0 Å². The van der Waals surface area contributed by atoms with Gasteiger partial charge >= 0.3 is 6.18 Å². The Morgan fingerprint density at radius 2 is 1.81 bits per heavy atom. The molecule has 1 heterocycles. The summed E-state index contributed by atoms with van der Waals surface area (Å²) in [7, 11) is 0. The van der Waals surface area contributed by atoms with Crippen molar-refractivity contribution >= 4 is 11.6 Å². The number of nitrogens with two attached hydrogens (primary N) is 2. The van der Waals surface area contributed by atoms with Crippen molar-refractivity contribution in [2.24, 2.45) is 5.73 Å². The fourth-order valence-electron chi connectivity index (χ4n) is 1.54. The molecule has 0 radical (unpaired) electrons. The highest BCUT2D eigenvalue weighted by atomic mass is 19.4. The third kappa shape index (κ3) is 3.22. The van der Waals surface area contributed by atoms with Crippen molar-refractivity contribution < 1.29 is 22.7 Å². The molecule has 0 atom stereocenters. The van der Waals surface area contributed by atoms with Crippen molar-refractivity contribution in [2.75, 3.05) is 5.73 Å². The Kier molecular flexibility index (Phi) is 3.70. The van der Waals surface area contributed by atoms with Gasteiger partial charge in [0.1, 0.15) is 11.3 Å². The zero-order valence-corrected chi connectivity index (χ0v) is 10.5. The number of amides is 1. The number of para-hydroxylation sites is 2. The Morgan fingerprint density at radius 1 is 1.14 bits per heavy atom. The predicted octanol–water partition coefficient (Wildman–Crippen LogP) is 2.57. The van der Waals surface area contributed by atoms with Crippen LogP contribution in [0.2, 0.25) is 0 Å². The van der Waals surface area contributed by atoms with Gasteiger partial charge in [-0.2, -0.15) is 13.2 Å². The second kappa shape index (κ2) is 5.31. The predicted molar refractivity (Wildman–Crippen MR) is 68.7 cm³/mol. The Hall–Kier alpha value is -2.77. The van der Waals surface area contributed by atoms with E-state index in [9.17, 15) is 18.0 Å². The summed E-state index contributed by atoms with van der Waals surface area (Å²) >= 11 is 0. The van der Waals surface area contributed by atoms with Gasteiger partial charge in [0.05, 0.1) is 5.69 Å². The normalized spacial score (nSPS) is 11.2. The van der Waals surface area contributed by atoms with Gasteiger partial charge in [-0.05, 0) is 24.3 Å². The Labute approximate surface area is 117 Å². The van der Waals surface area contributed by atoms with Crippen molar-refractivity contribution in [3.63, 3.8) is 0 Å². The maximum Gasteiger partial charge on any atom is 0.433 e. The van der Waals surface area contributed by atoms with Crippen LogP contribution in [-0.4, -0.2) is 10.9 Å². The highest BCUT2D eigenvalue weighted by Gasteiger charge is 2.33. The zero-order chi connectivity index (χ0) is 15.6. The number of carbonyl (C=O) groups is 1. The van der Waals surface area contributed by atoms with Crippen molar-refractivity contribution in [1.29, 1.82) is 0 Å². The Balaban J connectivity index is 2.49. The van der Waals surface area contributed by atoms with E-state index < -0.39 is 23.7 Å². The van der Waals surface area contributed by atoms with E-state index >= 15 is 0 Å². The van der Waals surface area contributed by atoms with Crippen LogP contribution in [0.5, 0.6) is 11.6 Å². The summed E-state index contributed by atoms with van der Waals surface area (Å²) in [4.78, 5) is 14.5. The van der Waals surface area contributed by atoms with Crippen LogP contribution in [0.4, 0.5) is 18.9 Å². The summed E-state index contributed by atoms with van der Waals surface area (Å²) < 4.78 is 43.2. The number of pyridine rings is 1. The molecule has 4 N–H and O–H groups in total. The minimum absolute atomic E-state index is 0.0758. The molecule has 0 fully saturated rings. The minimum Gasteiger partial charge on any atom is -0.436 e. The van der Waals surface area contributed by atoms with Crippen LogP contribution >= 0.6 is 0 Å². The van der Waals surface area contributed by atoms with Crippen LogP contribution in [0.1, 0.15) is 16.1 Å². The summed E-state index contributed by atoms with van der Waals surface area (Å²) in [6.45, 7) is 0. The zero-order valence-electron chi connectivity index (χ0n) is 10.5. The third-order valence-corrected chi connectivity index (χ3v) is 2.54. The van der Waals surface area contributed by atoms with Gasteiger partial charge in [-0.3, -0.25) is 4.79 Å². The molecule has 8 heteroatoms. The highest BCUT2D eigenvalue weighted by Crippen LogP contribution is 2.33. The Morgan fingerprint density at radius 3 is 2.38 bits per heavy atom. The number of carbonyl (C=O) groups excluding carboxylic acids is 1. The number of halogens is 3. The van der Waals surface area contributed by atoms with E-state index in [1.165, 1.54) is 12.1 Å². The lowest BCUT2D eigenvalue weighted by atomic mass is 10.2. The first-order valence-electron chi connectivity index (χ1n) is 5.69. The first kappa shape index (κ1) is 14.6. The number of rotatable bonds is 3. The van der Waals surface area contributed by atoms with E-state index in [4.69, 9.17) is 16.2 Å². The smallest absolute Gasteiger partial charge is 0.433 e. The van der Waals surface area contributed by atoms with E-state index in [0.717, 1.165) is 6.07 Å². The van der Waals surface area contributed by atoms with Gasteiger partial charge in [-0.15, -0.1) is 0 Å². The number of nitrogens with zero attached hydrogens (tertiary/aromatic N) is 1. The highest BCUT2D eigenvalue weighted by molar-refractivity contribution is 5.95. The number of benzene rings is 1. The molecule has 0 unspecified atom stereocenters. The number of nitrogen functional groups attached to an aromatic ring is 1. The number of anilines is 1. The summed E-state index contributed by atoms with van der Waals surface area (Å²) in [5.74, 6) is -1.43. The Bertz CT molecular complexity index is 687. The monoisotopic (exact) mass is 297 g/mol. The molecule has 1 aromatic heterocycles. The summed E-state index contributed by atoms with van der Waals surface area (Å²) in [5.41, 5.74) is 9.44. The van der Waals surface area contributed by atoms with Crippen LogP contribution < -0.4 is 16.2 Å². The first-order valence-corrected chi connectivity index (χ1v) is 5.69. The average molecular weight is 297 g/mol. The van der Waals surface area contributed by atoms with Crippen molar-refractivity contribution in [2.45, 2.75) is 6.18 Å². The quantitative estimate of drug-likeness (QED) is 0.852. The van der Waals surface area contributed by atoms with Crippen LogP contribution in [0, 0.1) is 0 Å². The molecule has 0 saturated heterocycles. The van der Waals surface area contributed by atoms with Gasteiger partial charge in [0.2, 0.25) is 5.88 Å². The number of aromatic nitrogens is 1. The van der Waals surface area contributed by atoms with Gasteiger partial charge < -0.3 is 16.2 Å². The fraction of sp³-hybridized carbons (Fsp3) is 0.0769. The minimum atomic E-state index is -4.67. The summed E-state index contributed by atoms with van der Waals surface area (Å²) in [6.07, 6.45) is -4.67. The maximum atomic E-state index is 12.7. The van der Waals surface area contributed by atoms with Gasteiger partial charge in [0.25, 0.3) is 5.91 Å². The van der Waals surface area contributed by atoms with Gasteiger partial charge in [0.15, 0.2) is 5.75 Å². The number of hydrogen-bond donors (Lipinski definition) is 2. The standard InChI is InChI=1S/C13H10F3N3O2/c14-13(15,16)10-6-5-7(11(18)20)12(19-10)21-9-4-2-1-3-8(9)17/h1-6H,17H2,(H2,18,20). The topological polar surface area (TPSA) is 91.2 Å². The van der Waals surface area contributed by atoms with Gasteiger partial charge in [0, 0.05) is 0 Å². The van der Waals surface area contributed by atoms with Crippen LogP contribution in [0.3, 0.4) is 0 Å². The van der Waals surface area contributed by atoms with Crippen molar-refractivity contribution in [3.05, 3.63) is 47.7 Å². The summed E-state index contributed by atoms with van der Waals surface area (Å²) in [6, 6.07) is 7.68. The summed E-state index contributed by atoms with van der Waals surface area (Å²) in [5, 5.41) is 0. The van der Waals surface area contributed by atoms with E-state index in [1.807, 2.05) is 0 Å². The molecule has 2 aromatic rings. The molecule has 1 amide bonds. The second-order valence-electron chi connectivity index (χ2n) is 4.05. The molecular weight excluding hydrogens is 287 g/mol. The average Bonchev–Trinajstić information content (AvgIpc) is 2.40. The molecule has 21 heavy (non-hydrogen) atoms. The molecule has 0 aliphatic heterocycles. The van der Waals surface area contributed by atoms with Crippen LogP contribution in [-0.2, 0) is 6.18 Å². The van der Waals surface area contributed by atoms with Crippen molar-refractivity contribution in [3.8, 4) is 11.6 Å². The molecule has 0 bridgehead atoms. The van der Waals surface area contributed by atoms with Gasteiger partial charge in [-0.25, -0.2) is 4.98 Å². The molecule has 110 valence electrons. The molecule has 0 spiro atoms. The van der Waals surface area contributed by atoms with Gasteiger partial charge in [-0.1, -0.05) is 12.1 Å².